The third-order valence-electron chi connectivity index (χ3n) is 4.97. The van der Waals surface area contributed by atoms with Gasteiger partial charge < -0.3 is 9.64 Å². The van der Waals surface area contributed by atoms with Crippen LogP contribution in [0.4, 0.5) is 5.13 Å². The third kappa shape index (κ3) is 4.18. The lowest BCUT2D eigenvalue weighted by Gasteiger charge is -2.14. The fourth-order valence-corrected chi connectivity index (χ4v) is 4.22. The number of nitrogens with zero attached hydrogens (tertiary/aromatic N) is 3. The number of rotatable bonds is 5. The van der Waals surface area contributed by atoms with Crippen molar-refractivity contribution in [1.29, 1.82) is 0 Å². The Morgan fingerprint density at radius 1 is 1.03 bits per heavy atom. The number of carbonyl (C=O) groups excluding carboxylic acids is 2. The number of benzene rings is 1. The molecule has 30 heavy (non-hydrogen) atoms. The summed E-state index contributed by atoms with van der Waals surface area (Å²) in [5, 5.41) is 3.29. The summed E-state index contributed by atoms with van der Waals surface area (Å²) in [6.45, 7) is 3.44. The van der Waals surface area contributed by atoms with Crippen molar-refractivity contribution < 1.29 is 14.3 Å². The highest BCUT2D eigenvalue weighted by Gasteiger charge is 2.22. The summed E-state index contributed by atoms with van der Waals surface area (Å²) in [5.41, 5.74) is 2.24. The second-order valence-electron chi connectivity index (χ2n) is 7.01. The first-order chi connectivity index (χ1) is 14.5. The van der Waals surface area contributed by atoms with Crippen molar-refractivity contribution in [1.82, 2.24) is 14.9 Å². The van der Waals surface area contributed by atoms with E-state index in [9.17, 15) is 9.59 Å². The topological polar surface area (TPSA) is 84.4 Å². The maximum absolute atomic E-state index is 12.7. The van der Waals surface area contributed by atoms with E-state index in [0.29, 0.717) is 10.8 Å². The Balaban J connectivity index is 1.50. The van der Waals surface area contributed by atoms with Crippen molar-refractivity contribution in [3.8, 4) is 17.0 Å². The van der Waals surface area contributed by atoms with Crippen molar-refractivity contribution in [2.75, 3.05) is 25.5 Å². The highest BCUT2D eigenvalue weighted by Crippen LogP contribution is 2.31. The zero-order chi connectivity index (χ0) is 21.1. The van der Waals surface area contributed by atoms with Crippen molar-refractivity contribution >= 4 is 28.3 Å². The summed E-state index contributed by atoms with van der Waals surface area (Å²) >= 11 is 1.40. The van der Waals surface area contributed by atoms with Gasteiger partial charge in [0.1, 0.15) is 17.1 Å². The smallest absolute Gasteiger partial charge is 0.276 e. The molecular weight excluding hydrogens is 400 g/mol. The van der Waals surface area contributed by atoms with Gasteiger partial charge in [0, 0.05) is 23.5 Å². The summed E-state index contributed by atoms with van der Waals surface area (Å²) in [4.78, 5) is 36.9. The molecule has 7 nitrogen and oxygen atoms in total. The molecule has 2 aromatic heterocycles. The van der Waals surface area contributed by atoms with Gasteiger partial charge in [0.15, 0.2) is 5.13 Å². The van der Waals surface area contributed by atoms with Crippen LogP contribution >= 0.6 is 11.3 Å². The minimum Gasteiger partial charge on any atom is -0.497 e. The Hall–Kier alpha value is -3.26. The van der Waals surface area contributed by atoms with Crippen LogP contribution in [0.15, 0.2) is 42.5 Å². The molecular formula is C22H22N4O3S. The number of likely N-dealkylation sites (tertiary alicyclic amines) is 1. The number of methoxy groups -OCH3 is 1. The Morgan fingerprint density at radius 2 is 1.73 bits per heavy atom. The first-order valence-corrected chi connectivity index (χ1v) is 10.6. The SMILES string of the molecule is COc1ccc(-c2nc(NC(=O)c3cccc(C(=O)N4CCCC4)n3)sc2C)cc1. The van der Waals surface area contributed by atoms with E-state index in [2.05, 4.69) is 15.3 Å². The number of aryl methyl sites for hydroxylation is 1. The molecule has 1 fully saturated rings. The monoisotopic (exact) mass is 422 g/mol. The molecule has 0 aliphatic carbocycles. The van der Waals surface area contributed by atoms with Crippen LogP contribution in [0, 0.1) is 6.92 Å². The second kappa shape index (κ2) is 8.62. The number of amides is 2. The number of thiazole rings is 1. The fraction of sp³-hybridized carbons (Fsp3) is 0.273. The van der Waals surface area contributed by atoms with Gasteiger partial charge in [-0.2, -0.15) is 0 Å². The van der Waals surface area contributed by atoms with E-state index in [4.69, 9.17) is 4.74 Å². The predicted molar refractivity (Wildman–Crippen MR) is 116 cm³/mol. The number of ether oxygens (including phenoxy) is 1. The Morgan fingerprint density at radius 3 is 2.43 bits per heavy atom. The lowest BCUT2D eigenvalue weighted by molar-refractivity contribution is 0.0787. The molecule has 1 saturated heterocycles. The average Bonchev–Trinajstić information content (AvgIpc) is 3.43. The summed E-state index contributed by atoms with van der Waals surface area (Å²) in [6.07, 6.45) is 2.01. The van der Waals surface area contributed by atoms with E-state index in [1.54, 1.807) is 30.2 Å². The first kappa shape index (κ1) is 20.0. The van der Waals surface area contributed by atoms with E-state index >= 15 is 0 Å². The van der Waals surface area contributed by atoms with Gasteiger partial charge in [0.2, 0.25) is 0 Å². The largest absolute Gasteiger partial charge is 0.497 e. The van der Waals surface area contributed by atoms with E-state index in [1.807, 2.05) is 31.2 Å². The number of anilines is 1. The van der Waals surface area contributed by atoms with Gasteiger partial charge in [-0.25, -0.2) is 9.97 Å². The summed E-state index contributed by atoms with van der Waals surface area (Å²) in [7, 11) is 1.62. The molecule has 3 heterocycles. The molecule has 1 aromatic carbocycles. The van der Waals surface area contributed by atoms with Crippen molar-refractivity contribution in [2.45, 2.75) is 19.8 Å². The van der Waals surface area contributed by atoms with Gasteiger partial charge in [-0.3, -0.25) is 14.9 Å². The second-order valence-corrected chi connectivity index (χ2v) is 8.22. The molecule has 1 N–H and O–H groups in total. The van der Waals surface area contributed by atoms with E-state index < -0.39 is 0 Å². The summed E-state index contributed by atoms with van der Waals surface area (Å²) in [6, 6.07) is 12.5. The molecule has 8 heteroatoms. The minimum absolute atomic E-state index is 0.131. The maximum atomic E-state index is 12.7. The molecule has 0 unspecified atom stereocenters. The minimum atomic E-state index is -0.388. The van der Waals surface area contributed by atoms with E-state index in [1.165, 1.54) is 11.3 Å². The number of nitrogens with one attached hydrogen (secondary N) is 1. The molecule has 0 bridgehead atoms. The van der Waals surface area contributed by atoms with Gasteiger partial charge in [-0.1, -0.05) is 6.07 Å². The van der Waals surface area contributed by atoms with Crippen LogP contribution in [0.25, 0.3) is 11.3 Å². The van der Waals surface area contributed by atoms with Gasteiger partial charge in [0.05, 0.1) is 12.8 Å². The fourth-order valence-electron chi connectivity index (χ4n) is 3.39. The van der Waals surface area contributed by atoms with E-state index in [-0.39, 0.29) is 17.5 Å². The number of hydrogen-bond acceptors (Lipinski definition) is 6. The van der Waals surface area contributed by atoms with Crippen LogP contribution < -0.4 is 10.1 Å². The number of aromatic nitrogens is 2. The van der Waals surface area contributed by atoms with Gasteiger partial charge in [-0.05, 0) is 56.2 Å². The van der Waals surface area contributed by atoms with Crippen LogP contribution in [0.3, 0.4) is 0 Å². The van der Waals surface area contributed by atoms with Gasteiger partial charge in [0.25, 0.3) is 11.8 Å². The first-order valence-electron chi connectivity index (χ1n) is 9.74. The Kier molecular flexibility index (Phi) is 5.76. The Labute approximate surface area is 178 Å². The lowest BCUT2D eigenvalue weighted by atomic mass is 10.1. The number of pyridine rings is 1. The number of hydrogen-bond donors (Lipinski definition) is 1. The van der Waals surface area contributed by atoms with Crippen molar-refractivity contribution in [3.63, 3.8) is 0 Å². The molecule has 1 aliphatic heterocycles. The average molecular weight is 423 g/mol. The van der Waals surface area contributed by atoms with Crippen LogP contribution in [-0.2, 0) is 0 Å². The van der Waals surface area contributed by atoms with Crippen molar-refractivity contribution in [3.05, 3.63) is 58.7 Å². The Bertz CT molecular complexity index is 1070. The number of carbonyl (C=O) groups is 2. The molecule has 0 saturated carbocycles. The molecule has 3 aromatic rings. The summed E-state index contributed by atoms with van der Waals surface area (Å²) in [5.74, 6) is 0.254. The summed E-state index contributed by atoms with van der Waals surface area (Å²) < 4.78 is 5.19. The van der Waals surface area contributed by atoms with Crippen LogP contribution in [0.2, 0.25) is 0 Å². The zero-order valence-corrected chi connectivity index (χ0v) is 17.7. The van der Waals surface area contributed by atoms with E-state index in [0.717, 1.165) is 47.8 Å². The molecule has 4 rings (SSSR count). The molecule has 0 radical (unpaired) electrons. The molecule has 154 valence electrons. The lowest BCUT2D eigenvalue weighted by Crippen LogP contribution is -2.29. The highest BCUT2D eigenvalue weighted by molar-refractivity contribution is 7.16. The standard InChI is InChI=1S/C22H22N4O3S/c1-14-19(15-8-10-16(29-2)11-9-15)24-22(30-14)25-20(27)17-6-5-7-18(23-17)21(28)26-12-3-4-13-26/h5-11H,3-4,12-13H2,1-2H3,(H,24,25,27). The zero-order valence-electron chi connectivity index (χ0n) is 16.8. The quantitative estimate of drug-likeness (QED) is 0.672. The third-order valence-corrected chi connectivity index (χ3v) is 5.86. The predicted octanol–water partition coefficient (Wildman–Crippen LogP) is 4.01. The van der Waals surface area contributed by atoms with Crippen LogP contribution in [0.1, 0.15) is 38.7 Å². The highest BCUT2D eigenvalue weighted by atomic mass is 32.1. The van der Waals surface area contributed by atoms with Crippen LogP contribution in [0.5, 0.6) is 5.75 Å². The maximum Gasteiger partial charge on any atom is 0.276 e. The molecule has 2 amide bonds. The van der Waals surface area contributed by atoms with Crippen molar-refractivity contribution in [2.24, 2.45) is 0 Å². The van der Waals surface area contributed by atoms with Crippen LogP contribution in [-0.4, -0.2) is 46.9 Å². The molecule has 0 spiro atoms. The van der Waals surface area contributed by atoms with Gasteiger partial charge >= 0.3 is 0 Å². The van der Waals surface area contributed by atoms with Gasteiger partial charge in [-0.15, -0.1) is 11.3 Å². The molecule has 1 aliphatic rings. The molecule has 0 atom stereocenters. The normalized spacial score (nSPS) is 13.3.